The van der Waals surface area contributed by atoms with E-state index in [0.717, 1.165) is 82.0 Å². The summed E-state index contributed by atoms with van der Waals surface area (Å²) in [6.07, 6.45) is 6.75. The van der Waals surface area contributed by atoms with Crippen molar-refractivity contribution in [2.45, 2.75) is 44.9 Å². The Morgan fingerprint density at radius 2 is 1.86 bits per heavy atom. The maximum atomic E-state index is 9.84. The van der Waals surface area contributed by atoms with Crippen LogP contribution in [0, 0.1) is 18.3 Å². The van der Waals surface area contributed by atoms with Crippen molar-refractivity contribution in [3.05, 3.63) is 89.6 Å². The molecular formula is C32H29N2O+. The molecule has 0 N–H and O–H groups in total. The molecule has 1 saturated carbocycles. The second-order valence-corrected chi connectivity index (χ2v) is 9.57. The van der Waals surface area contributed by atoms with Gasteiger partial charge in [-0.15, -0.1) is 0 Å². The Hall–Kier alpha value is -3.90. The molecule has 35 heavy (non-hydrogen) atoms. The first-order valence-corrected chi connectivity index (χ1v) is 12.4. The summed E-state index contributed by atoms with van der Waals surface area (Å²) in [5.41, 5.74) is 7.71. The van der Waals surface area contributed by atoms with Gasteiger partial charge in [0.25, 0.3) is 0 Å². The fraction of sp³-hybridized carbons (Fsp3) is 0.250. The lowest BCUT2D eigenvalue weighted by atomic mass is 9.81. The van der Waals surface area contributed by atoms with Crippen molar-refractivity contribution in [3.63, 3.8) is 0 Å². The second-order valence-electron chi connectivity index (χ2n) is 9.57. The molecule has 3 nitrogen and oxygen atoms in total. The standard InChI is InChI=1S/C32H29N2O/c1-21-14-17-27-26-12-8-11-25(31(26)35-32(27)30(21)29-13-6-7-18-34(29)2)23-15-16-24(20-33)28(19-23)22-9-4-3-5-10-22/h6-8,11-19,22H,3-5,9-10H2,1-2H3/q+1/i17D,22D. The van der Waals surface area contributed by atoms with Crippen LogP contribution in [0.15, 0.2) is 77.3 Å². The molecule has 1 aliphatic rings. The van der Waals surface area contributed by atoms with Crippen LogP contribution in [0.4, 0.5) is 0 Å². The summed E-state index contributed by atoms with van der Waals surface area (Å²) in [5, 5.41) is 11.5. The number of hydrogen-bond acceptors (Lipinski definition) is 2. The smallest absolute Gasteiger partial charge is 0.216 e. The van der Waals surface area contributed by atoms with E-state index in [1.165, 1.54) is 0 Å². The van der Waals surface area contributed by atoms with Crippen molar-refractivity contribution in [2.24, 2.45) is 7.05 Å². The highest BCUT2D eigenvalue weighted by Gasteiger charge is 2.23. The van der Waals surface area contributed by atoms with Crippen molar-refractivity contribution in [2.75, 3.05) is 0 Å². The Balaban J connectivity index is 1.62. The summed E-state index contributed by atoms with van der Waals surface area (Å²) in [5.74, 6) is -0.734. The highest BCUT2D eigenvalue weighted by molar-refractivity contribution is 6.13. The average molecular weight is 460 g/mol. The number of benzene rings is 3. The van der Waals surface area contributed by atoms with Gasteiger partial charge in [-0.2, -0.15) is 5.26 Å². The van der Waals surface area contributed by atoms with Gasteiger partial charge in [-0.25, -0.2) is 4.57 Å². The molecule has 0 spiro atoms. The van der Waals surface area contributed by atoms with Crippen LogP contribution in [-0.2, 0) is 7.05 Å². The lowest BCUT2D eigenvalue weighted by molar-refractivity contribution is -0.660. The molecule has 0 saturated heterocycles. The van der Waals surface area contributed by atoms with Gasteiger partial charge in [0, 0.05) is 29.8 Å². The number of pyridine rings is 1. The fourth-order valence-corrected chi connectivity index (χ4v) is 5.55. The zero-order valence-corrected chi connectivity index (χ0v) is 20.2. The van der Waals surface area contributed by atoms with Crippen molar-refractivity contribution in [3.8, 4) is 28.5 Å². The van der Waals surface area contributed by atoms with Crippen LogP contribution in [-0.4, -0.2) is 0 Å². The maximum Gasteiger partial charge on any atom is 0.216 e. The lowest BCUT2D eigenvalue weighted by Gasteiger charge is -2.23. The van der Waals surface area contributed by atoms with Crippen LogP contribution in [0.25, 0.3) is 44.3 Å². The van der Waals surface area contributed by atoms with E-state index in [1.54, 1.807) is 0 Å². The number of fused-ring (bicyclic) bond motifs is 3. The summed E-state index contributed by atoms with van der Waals surface area (Å²) in [6.45, 7) is 2.03. The van der Waals surface area contributed by atoms with Crippen molar-refractivity contribution < 1.29 is 11.7 Å². The Bertz CT molecular complexity index is 1720. The van der Waals surface area contributed by atoms with E-state index in [4.69, 9.17) is 5.79 Å². The number of nitriles is 1. The molecule has 3 heteroatoms. The van der Waals surface area contributed by atoms with Crippen LogP contribution >= 0.6 is 0 Å². The largest absolute Gasteiger partial charge is 0.454 e. The number of aryl methyl sites for hydroxylation is 2. The summed E-state index contributed by atoms with van der Waals surface area (Å²) in [7, 11) is 2.02. The van der Waals surface area contributed by atoms with E-state index in [-0.39, 0.29) is 0 Å². The van der Waals surface area contributed by atoms with Gasteiger partial charge in [0.05, 0.1) is 18.6 Å². The monoisotopic (exact) mass is 459 g/mol. The minimum atomic E-state index is -0.734. The number of nitrogens with zero attached hydrogens (tertiary/aromatic N) is 2. The predicted molar refractivity (Wildman–Crippen MR) is 141 cm³/mol. The molecular weight excluding hydrogens is 428 g/mol. The van der Waals surface area contributed by atoms with Gasteiger partial charge in [-0.3, -0.25) is 0 Å². The molecule has 172 valence electrons. The first kappa shape index (κ1) is 19.4. The van der Waals surface area contributed by atoms with Crippen LogP contribution in [0.3, 0.4) is 0 Å². The summed E-state index contributed by atoms with van der Waals surface area (Å²) in [4.78, 5) is 0. The van der Waals surface area contributed by atoms with Gasteiger partial charge < -0.3 is 4.42 Å². The van der Waals surface area contributed by atoms with Gasteiger partial charge in [-0.1, -0.05) is 55.6 Å². The zero-order chi connectivity index (χ0) is 25.7. The molecule has 0 amide bonds. The van der Waals surface area contributed by atoms with E-state index in [1.807, 2.05) is 74.8 Å². The van der Waals surface area contributed by atoms with Crippen LogP contribution in [0.5, 0.6) is 0 Å². The van der Waals surface area contributed by atoms with Crippen LogP contribution < -0.4 is 4.57 Å². The third kappa shape index (κ3) is 3.61. The third-order valence-electron chi connectivity index (χ3n) is 7.37. The molecule has 1 fully saturated rings. The molecule has 2 heterocycles. The predicted octanol–water partition coefficient (Wildman–Crippen LogP) is 7.97. The highest BCUT2D eigenvalue weighted by atomic mass is 16.3. The van der Waals surface area contributed by atoms with Gasteiger partial charge >= 0.3 is 0 Å². The first-order chi connectivity index (χ1) is 17.9. The van der Waals surface area contributed by atoms with E-state index >= 15 is 0 Å². The van der Waals surface area contributed by atoms with E-state index < -0.39 is 5.89 Å². The van der Waals surface area contributed by atoms with Gasteiger partial charge in [0.1, 0.15) is 18.2 Å². The molecule has 3 aromatic carbocycles. The fourth-order valence-electron chi connectivity index (χ4n) is 5.55. The van der Waals surface area contributed by atoms with Crippen LogP contribution in [0.1, 0.15) is 57.4 Å². The second kappa shape index (κ2) is 8.71. The molecule has 2 aromatic heterocycles. The summed E-state index contributed by atoms with van der Waals surface area (Å²) < 4.78 is 26.8. The number of rotatable bonds is 3. The van der Waals surface area contributed by atoms with Gasteiger partial charge in [-0.05, 0) is 60.5 Å². The van der Waals surface area contributed by atoms with E-state index in [0.29, 0.717) is 17.2 Å². The van der Waals surface area contributed by atoms with Crippen LogP contribution in [0.2, 0.25) is 0 Å². The Labute approximate surface area is 209 Å². The molecule has 0 aliphatic heterocycles. The number of aromatic nitrogens is 1. The van der Waals surface area contributed by atoms with Gasteiger partial charge in [0.15, 0.2) is 6.20 Å². The zero-order valence-electron chi connectivity index (χ0n) is 22.2. The van der Waals surface area contributed by atoms with E-state index in [2.05, 4.69) is 16.7 Å². The maximum absolute atomic E-state index is 9.84. The minimum absolute atomic E-state index is 0.443. The third-order valence-corrected chi connectivity index (χ3v) is 7.37. The average Bonchev–Trinajstić information content (AvgIpc) is 3.30. The Kier molecular flexibility index (Phi) is 4.83. The quantitative estimate of drug-likeness (QED) is 0.257. The van der Waals surface area contributed by atoms with Gasteiger partial charge in [0.2, 0.25) is 5.69 Å². The summed E-state index contributed by atoms with van der Waals surface area (Å²) >= 11 is 0. The Morgan fingerprint density at radius 1 is 1.00 bits per heavy atom. The molecule has 0 atom stereocenters. The van der Waals surface area contributed by atoms with Crippen molar-refractivity contribution in [1.82, 2.24) is 0 Å². The lowest BCUT2D eigenvalue weighted by Crippen LogP contribution is -2.30. The topological polar surface area (TPSA) is 40.8 Å². The number of para-hydroxylation sites is 1. The van der Waals surface area contributed by atoms with Crippen molar-refractivity contribution in [1.29, 1.82) is 5.26 Å². The van der Waals surface area contributed by atoms with E-state index in [9.17, 15) is 6.63 Å². The summed E-state index contributed by atoms with van der Waals surface area (Å²) in [6, 6.07) is 22.7. The normalized spacial score (nSPS) is 16.1. The Morgan fingerprint density at radius 3 is 2.66 bits per heavy atom. The molecule has 5 aromatic rings. The molecule has 6 rings (SSSR count). The molecule has 0 unspecified atom stereocenters. The molecule has 1 aliphatic carbocycles. The highest BCUT2D eigenvalue weighted by Crippen LogP contribution is 2.42. The number of furan rings is 1. The molecule has 0 radical (unpaired) electrons. The molecule has 0 bridgehead atoms. The minimum Gasteiger partial charge on any atom is -0.454 e. The SMILES string of the molecule is [2H]c1cc(C)c(-c2cccc[n+]2C)c2oc3c(-c4ccc(C#N)c(C5([2H])CCCCC5)c4)cccc3c12. The number of hydrogen-bond donors (Lipinski definition) is 0. The van der Waals surface area contributed by atoms with Crippen molar-refractivity contribution >= 4 is 21.9 Å². The first-order valence-electron chi connectivity index (χ1n) is 13.4.